The second-order valence-corrected chi connectivity index (χ2v) is 10.5. The van der Waals surface area contributed by atoms with E-state index in [1.807, 2.05) is 13.8 Å². The van der Waals surface area contributed by atoms with E-state index in [0.29, 0.717) is 18.9 Å². The monoisotopic (exact) mass is 517 g/mol. The number of carbonyl (C=O) groups is 1. The van der Waals surface area contributed by atoms with Crippen LogP contribution in [0.2, 0.25) is 0 Å². The van der Waals surface area contributed by atoms with Crippen LogP contribution in [0, 0.1) is 5.82 Å². The van der Waals surface area contributed by atoms with Crippen molar-refractivity contribution in [1.29, 1.82) is 0 Å². The number of methoxy groups -OCH3 is 1. The van der Waals surface area contributed by atoms with E-state index in [2.05, 4.69) is 14.5 Å². The lowest BCUT2D eigenvalue weighted by Gasteiger charge is -2.34. The Morgan fingerprint density at radius 3 is 2.78 bits per heavy atom. The Balaban J connectivity index is 1.70. The summed E-state index contributed by atoms with van der Waals surface area (Å²) in [5, 5.41) is 0. The summed E-state index contributed by atoms with van der Waals surface area (Å²) in [6, 6.07) is 7.03. The van der Waals surface area contributed by atoms with Crippen molar-refractivity contribution in [3.8, 4) is 5.75 Å². The Hall–Kier alpha value is -3.11. The number of likely N-dealkylation sites (N-methyl/N-ethyl adjacent to an activating group) is 1. The van der Waals surface area contributed by atoms with Gasteiger partial charge >= 0.3 is 5.97 Å². The molecular formula is C26H32FN3O5S. The van der Waals surface area contributed by atoms with Crippen LogP contribution in [0.4, 0.5) is 15.8 Å². The van der Waals surface area contributed by atoms with Crippen LogP contribution >= 0.6 is 0 Å². The molecule has 1 N–H and O–H groups in total. The highest BCUT2D eigenvalue weighted by molar-refractivity contribution is 7.92. The van der Waals surface area contributed by atoms with Crippen molar-refractivity contribution in [2.45, 2.75) is 37.6 Å². The first-order valence-corrected chi connectivity index (χ1v) is 13.6. The third kappa shape index (κ3) is 5.19. The van der Waals surface area contributed by atoms with E-state index >= 15 is 0 Å². The number of anilines is 2. The number of ether oxygens (including phenoxy) is 2. The lowest BCUT2D eigenvalue weighted by molar-refractivity contribution is 0.0596. The molecule has 0 bridgehead atoms. The molecule has 0 saturated carbocycles. The molecule has 2 aliphatic rings. The summed E-state index contributed by atoms with van der Waals surface area (Å²) in [6.45, 7) is 7.59. The highest BCUT2D eigenvalue weighted by atomic mass is 32.2. The number of benzene rings is 2. The van der Waals surface area contributed by atoms with E-state index < -0.39 is 21.8 Å². The van der Waals surface area contributed by atoms with Gasteiger partial charge in [0, 0.05) is 13.1 Å². The molecule has 0 aromatic heterocycles. The standard InChI is InChI=1S/C26H32FN3O5S/c1-4-29(5-2)14-6-8-18-16-19(27)10-13-23(18)36(32,33)28-21-11-12-22-25(24(21)26(31)34-3)35-17-20-9-7-15-30(20)22/h6,8,10-13,16,20,28H,4-5,7,9,14-15,17H2,1-3H3/b8-6-. The Morgan fingerprint density at radius 2 is 2.06 bits per heavy atom. The number of rotatable bonds is 9. The molecule has 0 spiro atoms. The quantitative estimate of drug-likeness (QED) is 0.501. The van der Waals surface area contributed by atoms with Crippen molar-refractivity contribution < 1.29 is 27.1 Å². The minimum atomic E-state index is -4.19. The Bertz CT molecular complexity index is 1260. The number of hydrogen-bond donors (Lipinski definition) is 1. The van der Waals surface area contributed by atoms with E-state index in [1.54, 1.807) is 24.3 Å². The van der Waals surface area contributed by atoms with Crippen LogP contribution in [0.1, 0.15) is 42.6 Å². The molecule has 0 amide bonds. The van der Waals surface area contributed by atoms with Crippen LogP contribution in [-0.2, 0) is 14.8 Å². The summed E-state index contributed by atoms with van der Waals surface area (Å²) < 4.78 is 54.4. The molecule has 2 aliphatic heterocycles. The molecule has 8 nitrogen and oxygen atoms in total. The first-order chi connectivity index (χ1) is 17.3. The second-order valence-electron chi connectivity index (χ2n) is 8.80. The minimum absolute atomic E-state index is 0.0182. The number of hydrogen-bond acceptors (Lipinski definition) is 7. The van der Waals surface area contributed by atoms with Crippen LogP contribution in [-0.4, -0.2) is 65.2 Å². The third-order valence-electron chi connectivity index (χ3n) is 6.69. The number of fused-ring (bicyclic) bond motifs is 3. The maximum absolute atomic E-state index is 14.0. The SMILES string of the molecule is CCN(CC)C/C=C\c1cc(F)ccc1S(=O)(=O)Nc1ccc2c(c1C(=O)OC)OCC1CCCN21. The summed E-state index contributed by atoms with van der Waals surface area (Å²) in [4.78, 5) is 17.0. The number of nitrogens with one attached hydrogen (secondary N) is 1. The summed E-state index contributed by atoms with van der Waals surface area (Å²) in [5.74, 6) is -0.951. The van der Waals surface area contributed by atoms with Crippen LogP contribution in [0.3, 0.4) is 0 Å². The van der Waals surface area contributed by atoms with Gasteiger partial charge in [0.15, 0.2) is 5.75 Å². The van der Waals surface area contributed by atoms with Crippen molar-refractivity contribution in [1.82, 2.24) is 4.90 Å². The maximum atomic E-state index is 14.0. The number of carbonyl (C=O) groups excluding carboxylic acids is 1. The molecule has 0 radical (unpaired) electrons. The zero-order chi connectivity index (χ0) is 25.9. The van der Waals surface area contributed by atoms with Crippen molar-refractivity contribution in [3.05, 3.63) is 53.4 Å². The number of halogens is 1. The Kier molecular flexibility index (Phi) is 7.85. The summed E-state index contributed by atoms with van der Waals surface area (Å²) >= 11 is 0. The normalized spacial score (nSPS) is 17.1. The van der Waals surface area contributed by atoms with Gasteiger partial charge < -0.3 is 19.3 Å². The lowest BCUT2D eigenvalue weighted by atomic mass is 10.1. The predicted molar refractivity (Wildman–Crippen MR) is 138 cm³/mol. The molecule has 1 atom stereocenters. The highest BCUT2D eigenvalue weighted by Gasteiger charge is 2.36. The van der Waals surface area contributed by atoms with Gasteiger partial charge in [-0.1, -0.05) is 26.0 Å². The Morgan fingerprint density at radius 1 is 1.28 bits per heavy atom. The van der Waals surface area contributed by atoms with Gasteiger partial charge in [-0.15, -0.1) is 0 Å². The summed E-state index contributed by atoms with van der Waals surface area (Å²) in [5.41, 5.74) is 1.02. The second kappa shape index (κ2) is 10.9. The first-order valence-electron chi connectivity index (χ1n) is 12.1. The molecule has 4 rings (SSSR count). The van der Waals surface area contributed by atoms with Gasteiger partial charge in [0.05, 0.1) is 29.4 Å². The molecular weight excluding hydrogens is 485 g/mol. The molecule has 2 aromatic carbocycles. The fraction of sp³-hybridized carbons (Fsp3) is 0.423. The van der Waals surface area contributed by atoms with E-state index in [1.165, 1.54) is 19.2 Å². The molecule has 1 unspecified atom stereocenters. The Labute approximate surface area is 211 Å². The average Bonchev–Trinajstić information content (AvgIpc) is 3.35. The van der Waals surface area contributed by atoms with Gasteiger partial charge in [0.1, 0.15) is 18.0 Å². The van der Waals surface area contributed by atoms with Crippen molar-refractivity contribution in [3.63, 3.8) is 0 Å². The zero-order valence-corrected chi connectivity index (χ0v) is 21.6. The molecule has 194 valence electrons. The zero-order valence-electron chi connectivity index (χ0n) is 20.8. The predicted octanol–water partition coefficient (Wildman–Crippen LogP) is 4.13. The van der Waals surface area contributed by atoms with Gasteiger partial charge in [-0.25, -0.2) is 17.6 Å². The van der Waals surface area contributed by atoms with Crippen LogP contribution in [0.15, 0.2) is 41.3 Å². The smallest absolute Gasteiger partial charge is 0.343 e. The van der Waals surface area contributed by atoms with Gasteiger partial charge in [-0.2, -0.15) is 0 Å². The van der Waals surface area contributed by atoms with Crippen LogP contribution < -0.4 is 14.4 Å². The number of nitrogens with zero attached hydrogens (tertiary/aromatic N) is 2. The third-order valence-corrected chi connectivity index (χ3v) is 8.13. The summed E-state index contributed by atoms with van der Waals surface area (Å²) in [6.07, 6.45) is 5.42. The minimum Gasteiger partial charge on any atom is -0.488 e. The molecule has 2 aromatic rings. The van der Waals surface area contributed by atoms with Crippen molar-refractivity contribution >= 4 is 33.4 Å². The largest absolute Gasteiger partial charge is 0.488 e. The van der Waals surface area contributed by atoms with Crippen LogP contribution in [0.25, 0.3) is 6.08 Å². The number of esters is 1. The van der Waals surface area contributed by atoms with Gasteiger partial charge in [0.25, 0.3) is 10.0 Å². The fourth-order valence-corrected chi connectivity index (χ4v) is 6.00. The fourth-order valence-electron chi connectivity index (χ4n) is 4.74. The maximum Gasteiger partial charge on any atom is 0.343 e. The average molecular weight is 518 g/mol. The lowest BCUT2D eigenvalue weighted by Crippen LogP contribution is -2.38. The molecule has 1 fully saturated rings. The molecule has 10 heteroatoms. The molecule has 0 aliphatic carbocycles. The molecule has 1 saturated heterocycles. The molecule has 2 heterocycles. The van der Waals surface area contributed by atoms with E-state index in [0.717, 1.165) is 44.2 Å². The van der Waals surface area contributed by atoms with E-state index in [-0.39, 0.29) is 27.8 Å². The van der Waals surface area contributed by atoms with Gasteiger partial charge in [-0.3, -0.25) is 4.72 Å². The van der Waals surface area contributed by atoms with Gasteiger partial charge in [-0.05, 0) is 61.8 Å². The number of sulfonamides is 1. The first kappa shape index (κ1) is 26.0. The van der Waals surface area contributed by atoms with Gasteiger partial charge in [0.2, 0.25) is 0 Å². The van der Waals surface area contributed by atoms with E-state index in [9.17, 15) is 17.6 Å². The molecule has 36 heavy (non-hydrogen) atoms. The summed E-state index contributed by atoms with van der Waals surface area (Å²) in [7, 11) is -2.95. The highest BCUT2D eigenvalue weighted by Crippen LogP contribution is 2.44. The topological polar surface area (TPSA) is 88.2 Å². The van der Waals surface area contributed by atoms with Crippen LogP contribution in [0.5, 0.6) is 5.75 Å². The van der Waals surface area contributed by atoms with E-state index in [4.69, 9.17) is 9.47 Å². The van der Waals surface area contributed by atoms with Crippen molar-refractivity contribution in [2.75, 3.05) is 49.5 Å². The van der Waals surface area contributed by atoms with Crippen molar-refractivity contribution in [2.24, 2.45) is 0 Å².